The zero-order valence-electron chi connectivity index (χ0n) is 15.6. The van der Waals surface area contributed by atoms with Crippen LogP contribution in [0.3, 0.4) is 0 Å². The van der Waals surface area contributed by atoms with Crippen molar-refractivity contribution in [3.63, 3.8) is 0 Å². The first-order valence-electron chi connectivity index (χ1n) is 9.45. The van der Waals surface area contributed by atoms with E-state index in [0.717, 1.165) is 40.1 Å². The molecular formula is C22H24BrN3O. The quantitative estimate of drug-likeness (QED) is 0.376. The Morgan fingerprint density at radius 3 is 2.30 bits per heavy atom. The third-order valence-corrected chi connectivity index (χ3v) is 4.86. The van der Waals surface area contributed by atoms with Gasteiger partial charge in [0, 0.05) is 15.6 Å². The van der Waals surface area contributed by atoms with Crippen LogP contribution in [0.15, 0.2) is 59.2 Å². The summed E-state index contributed by atoms with van der Waals surface area (Å²) in [4.78, 5) is 4.65. The van der Waals surface area contributed by atoms with Gasteiger partial charge in [-0.15, -0.1) is 5.10 Å². The second-order valence-electron chi connectivity index (χ2n) is 6.46. The smallest absolute Gasteiger partial charge is 0.182 e. The molecule has 0 unspecified atom stereocenters. The Balaban J connectivity index is 1.61. The van der Waals surface area contributed by atoms with E-state index < -0.39 is 0 Å². The molecule has 4 nitrogen and oxygen atoms in total. The molecule has 0 N–H and O–H groups in total. The molecule has 0 saturated carbocycles. The number of hydrogen-bond donors (Lipinski definition) is 0. The Bertz CT molecular complexity index is 835. The molecule has 1 aromatic heterocycles. The molecule has 0 aliphatic carbocycles. The minimum Gasteiger partial charge on any atom is -0.494 e. The third kappa shape index (κ3) is 5.86. The van der Waals surface area contributed by atoms with Crippen LogP contribution in [-0.4, -0.2) is 21.8 Å². The Morgan fingerprint density at radius 2 is 1.56 bits per heavy atom. The minimum absolute atomic E-state index is 0.618. The zero-order valence-corrected chi connectivity index (χ0v) is 17.2. The highest BCUT2D eigenvalue weighted by molar-refractivity contribution is 9.10. The van der Waals surface area contributed by atoms with Gasteiger partial charge in [-0.05, 0) is 42.8 Å². The van der Waals surface area contributed by atoms with Gasteiger partial charge in [0.05, 0.1) is 18.5 Å². The van der Waals surface area contributed by atoms with Gasteiger partial charge in [-0.2, -0.15) is 5.10 Å². The summed E-state index contributed by atoms with van der Waals surface area (Å²) in [6.45, 7) is 3.00. The van der Waals surface area contributed by atoms with E-state index >= 15 is 0 Å². The van der Waals surface area contributed by atoms with Gasteiger partial charge in [0.15, 0.2) is 5.82 Å². The summed E-state index contributed by atoms with van der Waals surface area (Å²) >= 11 is 3.44. The van der Waals surface area contributed by atoms with Crippen LogP contribution in [0.2, 0.25) is 0 Å². The van der Waals surface area contributed by atoms with Crippen LogP contribution in [0.4, 0.5) is 0 Å². The van der Waals surface area contributed by atoms with E-state index in [1.807, 2.05) is 48.5 Å². The highest BCUT2D eigenvalue weighted by atomic mass is 79.9. The van der Waals surface area contributed by atoms with Crippen LogP contribution < -0.4 is 4.74 Å². The highest BCUT2D eigenvalue weighted by Crippen LogP contribution is 2.23. The van der Waals surface area contributed by atoms with Crippen LogP contribution in [0.25, 0.3) is 22.6 Å². The van der Waals surface area contributed by atoms with Crippen molar-refractivity contribution in [2.75, 3.05) is 6.61 Å². The van der Waals surface area contributed by atoms with Gasteiger partial charge in [-0.25, -0.2) is 4.98 Å². The molecule has 27 heavy (non-hydrogen) atoms. The van der Waals surface area contributed by atoms with Crippen LogP contribution in [0.5, 0.6) is 5.75 Å². The van der Waals surface area contributed by atoms with E-state index in [0.29, 0.717) is 5.82 Å². The SMILES string of the molecule is CCCCCCCOc1ccc(-c2cnnc(-c3ccc(Br)cc3)n2)cc1. The molecule has 0 radical (unpaired) electrons. The molecule has 3 rings (SSSR count). The van der Waals surface area contributed by atoms with Gasteiger partial charge in [-0.3, -0.25) is 0 Å². The van der Waals surface area contributed by atoms with Crippen molar-refractivity contribution in [3.8, 4) is 28.4 Å². The van der Waals surface area contributed by atoms with Crippen molar-refractivity contribution < 1.29 is 4.74 Å². The highest BCUT2D eigenvalue weighted by Gasteiger charge is 2.06. The number of rotatable bonds is 9. The molecule has 0 aliphatic rings. The summed E-state index contributed by atoms with van der Waals surface area (Å²) in [6, 6.07) is 15.9. The Labute approximate surface area is 169 Å². The Kier molecular flexibility index (Phi) is 7.34. The zero-order chi connectivity index (χ0) is 18.9. The van der Waals surface area contributed by atoms with E-state index in [1.165, 1.54) is 25.7 Å². The molecule has 0 amide bonds. The van der Waals surface area contributed by atoms with Crippen LogP contribution in [-0.2, 0) is 0 Å². The van der Waals surface area contributed by atoms with E-state index in [-0.39, 0.29) is 0 Å². The summed E-state index contributed by atoms with van der Waals surface area (Å²) in [5.41, 5.74) is 2.74. The molecule has 5 heteroatoms. The van der Waals surface area contributed by atoms with Gasteiger partial charge >= 0.3 is 0 Å². The maximum Gasteiger partial charge on any atom is 0.182 e. The number of benzene rings is 2. The van der Waals surface area contributed by atoms with Crippen LogP contribution in [0, 0.1) is 0 Å². The first-order valence-corrected chi connectivity index (χ1v) is 10.2. The average Bonchev–Trinajstić information content (AvgIpc) is 2.72. The second-order valence-corrected chi connectivity index (χ2v) is 7.37. The molecular weight excluding hydrogens is 402 g/mol. The number of hydrogen-bond acceptors (Lipinski definition) is 4. The number of unbranched alkanes of at least 4 members (excludes halogenated alkanes) is 4. The average molecular weight is 426 g/mol. The number of ether oxygens (including phenoxy) is 1. The van der Waals surface area contributed by atoms with Gasteiger partial charge in [0.1, 0.15) is 5.75 Å². The topological polar surface area (TPSA) is 47.9 Å². The number of aromatic nitrogens is 3. The van der Waals surface area contributed by atoms with Gasteiger partial charge < -0.3 is 4.74 Å². The van der Waals surface area contributed by atoms with Crippen molar-refractivity contribution >= 4 is 15.9 Å². The first kappa shape index (κ1) is 19.5. The minimum atomic E-state index is 0.618. The monoisotopic (exact) mass is 425 g/mol. The van der Waals surface area contributed by atoms with E-state index in [2.05, 4.69) is 38.0 Å². The fourth-order valence-corrected chi connectivity index (χ4v) is 3.05. The van der Waals surface area contributed by atoms with Gasteiger partial charge in [0.25, 0.3) is 0 Å². The predicted octanol–water partition coefficient (Wildman–Crippen LogP) is 6.32. The molecule has 0 saturated heterocycles. The summed E-state index contributed by atoms with van der Waals surface area (Å²) in [6.07, 6.45) is 7.89. The van der Waals surface area contributed by atoms with Crippen molar-refractivity contribution in [3.05, 3.63) is 59.2 Å². The van der Waals surface area contributed by atoms with Crippen molar-refractivity contribution in [1.82, 2.24) is 15.2 Å². The number of nitrogens with zero attached hydrogens (tertiary/aromatic N) is 3. The molecule has 2 aromatic carbocycles. The molecule has 0 aliphatic heterocycles. The summed E-state index contributed by atoms with van der Waals surface area (Å²) in [7, 11) is 0. The summed E-state index contributed by atoms with van der Waals surface area (Å²) in [5.74, 6) is 1.51. The van der Waals surface area contributed by atoms with E-state index in [4.69, 9.17) is 4.74 Å². The molecule has 3 aromatic rings. The lowest BCUT2D eigenvalue weighted by Gasteiger charge is -2.07. The van der Waals surface area contributed by atoms with E-state index in [9.17, 15) is 0 Å². The Hall–Kier alpha value is -2.27. The standard InChI is InChI=1S/C22H24BrN3O/c1-2-3-4-5-6-15-27-20-13-9-17(10-14-20)21-16-24-26-22(25-21)18-7-11-19(23)12-8-18/h7-14,16H,2-6,15H2,1H3. The molecule has 0 atom stereocenters. The summed E-state index contributed by atoms with van der Waals surface area (Å²) in [5, 5.41) is 8.26. The summed E-state index contributed by atoms with van der Waals surface area (Å²) < 4.78 is 6.85. The largest absolute Gasteiger partial charge is 0.494 e. The lowest BCUT2D eigenvalue weighted by atomic mass is 10.1. The molecule has 140 valence electrons. The number of halogens is 1. The molecule has 0 bridgehead atoms. The molecule has 1 heterocycles. The molecule has 0 spiro atoms. The second kappa shape index (κ2) is 10.2. The van der Waals surface area contributed by atoms with Crippen molar-refractivity contribution in [2.24, 2.45) is 0 Å². The molecule has 0 fully saturated rings. The maximum atomic E-state index is 5.83. The fraction of sp³-hybridized carbons (Fsp3) is 0.318. The van der Waals surface area contributed by atoms with E-state index in [1.54, 1.807) is 6.20 Å². The first-order chi connectivity index (χ1) is 13.3. The van der Waals surface area contributed by atoms with Crippen molar-refractivity contribution in [1.29, 1.82) is 0 Å². The lowest BCUT2D eigenvalue weighted by molar-refractivity contribution is 0.304. The van der Waals surface area contributed by atoms with Gasteiger partial charge in [0.2, 0.25) is 0 Å². The fourth-order valence-electron chi connectivity index (χ4n) is 2.78. The van der Waals surface area contributed by atoms with Gasteiger partial charge in [-0.1, -0.05) is 60.7 Å². The third-order valence-electron chi connectivity index (χ3n) is 4.33. The van der Waals surface area contributed by atoms with Crippen LogP contribution >= 0.6 is 15.9 Å². The van der Waals surface area contributed by atoms with Crippen LogP contribution in [0.1, 0.15) is 39.0 Å². The lowest BCUT2D eigenvalue weighted by Crippen LogP contribution is -1.98. The normalized spacial score (nSPS) is 10.7. The van der Waals surface area contributed by atoms with Crippen molar-refractivity contribution in [2.45, 2.75) is 39.0 Å². The predicted molar refractivity (Wildman–Crippen MR) is 113 cm³/mol. The maximum absolute atomic E-state index is 5.83. The Morgan fingerprint density at radius 1 is 0.852 bits per heavy atom.